The Bertz CT molecular complexity index is 245. The topological polar surface area (TPSA) is 38.0 Å². The molecule has 0 spiro atoms. The molecule has 1 atom stereocenters. The summed E-state index contributed by atoms with van der Waals surface area (Å²) >= 11 is 3.32. The standard InChI is InChI=1S/C7H11BrN2O/c1-3-10-7(5(2)11)6(8)4-9-10/h4-5,11H,3H2,1-2H3. The Labute approximate surface area is 74.2 Å². The molecular formula is C7H11BrN2O. The summed E-state index contributed by atoms with van der Waals surface area (Å²) in [7, 11) is 0. The molecule has 1 heterocycles. The minimum Gasteiger partial charge on any atom is -0.387 e. The number of hydrogen-bond donors (Lipinski definition) is 1. The van der Waals surface area contributed by atoms with Crippen LogP contribution in [-0.2, 0) is 6.54 Å². The quantitative estimate of drug-likeness (QED) is 0.822. The Morgan fingerprint density at radius 3 is 2.82 bits per heavy atom. The van der Waals surface area contributed by atoms with Crippen LogP contribution in [0, 0.1) is 0 Å². The third-order valence-corrected chi connectivity index (χ3v) is 2.14. The summed E-state index contributed by atoms with van der Waals surface area (Å²) in [6.07, 6.45) is 1.23. The van der Waals surface area contributed by atoms with Gasteiger partial charge in [-0.2, -0.15) is 5.10 Å². The maximum Gasteiger partial charge on any atom is 0.0940 e. The van der Waals surface area contributed by atoms with Gasteiger partial charge in [0.15, 0.2) is 0 Å². The predicted octanol–water partition coefficient (Wildman–Crippen LogP) is 1.72. The third-order valence-electron chi connectivity index (χ3n) is 1.53. The van der Waals surface area contributed by atoms with Crippen molar-refractivity contribution in [1.82, 2.24) is 9.78 Å². The first kappa shape index (κ1) is 8.74. The fraction of sp³-hybridized carbons (Fsp3) is 0.571. The van der Waals surface area contributed by atoms with Crippen LogP contribution in [0.2, 0.25) is 0 Å². The molecule has 0 amide bonds. The van der Waals surface area contributed by atoms with Crippen molar-refractivity contribution in [2.45, 2.75) is 26.5 Å². The second-order valence-electron chi connectivity index (χ2n) is 2.37. The molecule has 11 heavy (non-hydrogen) atoms. The van der Waals surface area contributed by atoms with Gasteiger partial charge in [0.1, 0.15) is 0 Å². The average molecular weight is 219 g/mol. The predicted molar refractivity (Wildman–Crippen MR) is 46.2 cm³/mol. The molecule has 1 aromatic heterocycles. The van der Waals surface area contributed by atoms with Crippen LogP contribution in [0.4, 0.5) is 0 Å². The molecule has 62 valence electrons. The smallest absolute Gasteiger partial charge is 0.0940 e. The van der Waals surface area contributed by atoms with E-state index in [-0.39, 0.29) is 0 Å². The van der Waals surface area contributed by atoms with Gasteiger partial charge in [-0.25, -0.2) is 0 Å². The summed E-state index contributed by atoms with van der Waals surface area (Å²) in [5, 5.41) is 13.4. The summed E-state index contributed by atoms with van der Waals surface area (Å²) < 4.78 is 2.64. The zero-order valence-corrected chi connectivity index (χ0v) is 8.17. The molecule has 1 aromatic rings. The molecule has 0 saturated heterocycles. The van der Waals surface area contributed by atoms with Crippen LogP contribution in [-0.4, -0.2) is 14.9 Å². The first-order valence-corrected chi connectivity index (χ1v) is 4.35. The maximum atomic E-state index is 9.31. The first-order valence-electron chi connectivity index (χ1n) is 3.56. The van der Waals surface area contributed by atoms with E-state index in [2.05, 4.69) is 21.0 Å². The molecule has 0 aliphatic rings. The average Bonchev–Trinajstić information content (AvgIpc) is 2.30. The van der Waals surface area contributed by atoms with E-state index in [0.29, 0.717) is 0 Å². The molecule has 0 fully saturated rings. The number of aromatic nitrogens is 2. The van der Waals surface area contributed by atoms with E-state index >= 15 is 0 Å². The number of rotatable bonds is 2. The van der Waals surface area contributed by atoms with Gasteiger partial charge < -0.3 is 5.11 Å². The number of nitrogens with zero attached hydrogens (tertiary/aromatic N) is 2. The normalized spacial score (nSPS) is 13.5. The molecular weight excluding hydrogens is 208 g/mol. The Morgan fingerprint density at radius 2 is 2.45 bits per heavy atom. The van der Waals surface area contributed by atoms with Gasteiger partial charge in [-0.15, -0.1) is 0 Å². The van der Waals surface area contributed by atoms with E-state index in [1.165, 1.54) is 0 Å². The molecule has 1 unspecified atom stereocenters. The fourth-order valence-corrected chi connectivity index (χ4v) is 1.67. The lowest BCUT2D eigenvalue weighted by Gasteiger charge is -2.07. The molecule has 0 aliphatic heterocycles. The molecule has 0 aliphatic carbocycles. The van der Waals surface area contributed by atoms with Gasteiger partial charge in [0.2, 0.25) is 0 Å². The lowest BCUT2D eigenvalue weighted by Crippen LogP contribution is -2.05. The van der Waals surface area contributed by atoms with Crippen molar-refractivity contribution in [3.63, 3.8) is 0 Å². The van der Waals surface area contributed by atoms with Gasteiger partial charge in [-0.3, -0.25) is 4.68 Å². The number of hydrogen-bond acceptors (Lipinski definition) is 2. The molecule has 0 saturated carbocycles. The highest BCUT2D eigenvalue weighted by Crippen LogP contribution is 2.22. The van der Waals surface area contributed by atoms with Crippen molar-refractivity contribution in [3.05, 3.63) is 16.4 Å². The highest BCUT2D eigenvalue weighted by molar-refractivity contribution is 9.10. The third kappa shape index (κ3) is 1.62. The van der Waals surface area contributed by atoms with Crippen molar-refractivity contribution in [2.75, 3.05) is 0 Å². The molecule has 1 rings (SSSR count). The van der Waals surface area contributed by atoms with Crippen molar-refractivity contribution in [2.24, 2.45) is 0 Å². The molecule has 3 nitrogen and oxygen atoms in total. The van der Waals surface area contributed by atoms with E-state index in [9.17, 15) is 5.11 Å². The van der Waals surface area contributed by atoms with Crippen molar-refractivity contribution < 1.29 is 5.11 Å². The second kappa shape index (κ2) is 3.36. The van der Waals surface area contributed by atoms with Gasteiger partial charge in [0, 0.05) is 6.54 Å². The largest absolute Gasteiger partial charge is 0.387 e. The summed E-state index contributed by atoms with van der Waals surface area (Å²) in [4.78, 5) is 0. The van der Waals surface area contributed by atoms with Crippen LogP contribution >= 0.6 is 15.9 Å². The van der Waals surface area contributed by atoms with Crippen LogP contribution in [0.25, 0.3) is 0 Å². The van der Waals surface area contributed by atoms with Crippen LogP contribution in [0.1, 0.15) is 25.6 Å². The zero-order chi connectivity index (χ0) is 8.43. The number of aliphatic hydroxyl groups is 1. The summed E-state index contributed by atoms with van der Waals surface area (Å²) in [5.74, 6) is 0. The molecule has 0 bridgehead atoms. The molecule has 0 aromatic carbocycles. The van der Waals surface area contributed by atoms with Crippen LogP contribution < -0.4 is 0 Å². The fourth-order valence-electron chi connectivity index (χ4n) is 1.04. The number of halogens is 1. The Morgan fingerprint density at radius 1 is 1.82 bits per heavy atom. The van der Waals surface area contributed by atoms with Crippen LogP contribution in [0.5, 0.6) is 0 Å². The van der Waals surface area contributed by atoms with Gasteiger partial charge >= 0.3 is 0 Å². The van der Waals surface area contributed by atoms with E-state index < -0.39 is 6.10 Å². The van der Waals surface area contributed by atoms with Crippen molar-refractivity contribution in [1.29, 1.82) is 0 Å². The second-order valence-corrected chi connectivity index (χ2v) is 3.22. The highest BCUT2D eigenvalue weighted by atomic mass is 79.9. The van der Waals surface area contributed by atoms with Crippen LogP contribution in [0.15, 0.2) is 10.7 Å². The van der Waals surface area contributed by atoms with Gasteiger partial charge in [-0.05, 0) is 29.8 Å². The monoisotopic (exact) mass is 218 g/mol. The minimum atomic E-state index is -0.466. The van der Waals surface area contributed by atoms with Gasteiger partial charge in [-0.1, -0.05) is 0 Å². The van der Waals surface area contributed by atoms with Gasteiger partial charge in [0.25, 0.3) is 0 Å². The molecule has 4 heteroatoms. The zero-order valence-electron chi connectivity index (χ0n) is 6.58. The summed E-state index contributed by atoms with van der Waals surface area (Å²) in [6, 6.07) is 0. The van der Waals surface area contributed by atoms with E-state index in [1.807, 2.05) is 6.92 Å². The molecule has 0 radical (unpaired) electrons. The summed E-state index contributed by atoms with van der Waals surface area (Å²) in [5.41, 5.74) is 0.840. The lowest BCUT2D eigenvalue weighted by molar-refractivity contribution is 0.186. The molecule has 1 N–H and O–H groups in total. The maximum absolute atomic E-state index is 9.31. The van der Waals surface area contributed by atoms with E-state index in [0.717, 1.165) is 16.7 Å². The van der Waals surface area contributed by atoms with E-state index in [4.69, 9.17) is 0 Å². The number of aliphatic hydroxyl groups excluding tert-OH is 1. The minimum absolute atomic E-state index is 0.466. The van der Waals surface area contributed by atoms with E-state index in [1.54, 1.807) is 17.8 Å². The van der Waals surface area contributed by atoms with Crippen molar-refractivity contribution >= 4 is 15.9 Å². The van der Waals surface area contributed by atoms with Crippen LogP contribution in [0.3, 0.4) is 0 Å². The Kier molecular flexibility index (Phi) is 2.67. The van der Waals surface area contributed by atoms with Crippen molar-refractivity contribution in [3.8, 4) is 0 Å². The highest BCUT2D eigenvalue weighted by Gasteiger charge is 2.11. The summed E-state index contributed by atoms with van der Waals surface area (Å²) in [6.45, 7) is 4.51. The SMILES string of the molecule is CCn1ncc(Br)c1C(C)O. The number of aryl methyl sites for hydroxylation is 1. The Balaban J connectivity index is 3.07. The lowest BCUT2D eigenvalue weighted by atomic mass is 10.3. The van der Waals surface area contributed by atoms with Gasteiger partial charge in [0.05, 0.1) is 22.5 Å². The Hall–Kier alpha value is -0.350. The first-order chi connectivity index (χ1) is 5.16.